The monoisotopic (exact) mass is 364 g/mol. The molecule has 0 spiro atoms. The molecule has 1 aromatic rings. The van der Waals surface area contributed by atoms with Crippen LogP contribution in [0.25, 0.3) is 0 Å². The van der Waals surface area contributed by atoms with Crippen molar-refractivity contribution in [3.05, 3.63) is 0 Å². The van der Waals surface area contributed by atoms with Crippen molar-refractivity contribution >= 4 is 34.9 Å². The van der Waals surface area contributed by atoms with E-state index >= 15 is 0 Å². The van der Waals surface area contributed by atoms with E-state index in [2.05, 4.69) is 0 Å². The van der Waals surface area contributed by atoms with Crippen molar-refractivity contribution in [1.82, 2.24) is 0 Å². The molecule has 0 aromatic heterocycles. The minimum absolute atomic E-state index is 0.0000621. The lowest BCUT2D eigenvalue weighted by Crippen LogP contribution is -2.34. The largest absolute Gasteiger partial charge is 0.870 e. The molecule has 26 heavy (non-hydrogen) atoms. The second-order valence-corrected chi connectivity index (χ2v) is 6.08. The van der Waals surface area contributed by atoms with Crippen LogP contribution in [-0.2, 0) is 0 Å². The van der Waals surface area contributed by atoms with E-state index in [0.29, 0.717) is 26.2 Å². The minimum atomic E-state index is -1.33. The van der Waals surface area contributed by atoms with Gasteiger partial charge in [-0.3, -0.25) is 9.80 Å². The molecule has 2 amide bonds. The zero-order valence-corrected chi connectivity index (χ0v) is 14.6. The van der Waals surface area contributed by atoms with Crippen LogP contribution in [0.1, 0.15) is 13.8 Å². The van der Waals surface area contributed by atoms with E-state index in [1.165, 1.54) is 0 Å². The first-order chi connectivity index (χ1) is 12.3. The summed E-state index contributed by atoms with van der Waals surface area (Å²) in [5.41, 5.74) is -0.428. The maximum atomic E-state index is 13.2. The molecule has 2 fully saturated rings. The molecule has 2 aliphatic heterocycles. The third-order valence-electron chi connectivity index (χ3n) is 4.47. The summed E-state index contributed by atoms with van der Waals surface area (Å²) in [7, 11) is 0. The first-order valence-electron chi connectivity index (χ1n) is 8.42. The fraction of sp³-hybridized carbons (Fsp3) is 0.500. The number of hydrogen-bond donors (Lipinski definition) is 2. The fourth-order valence-electron chi connectivity index (χ4n) is 3.07. The second-order valence-electron chi connectivity index (χ2n) is 6.08. The molecule has 10 heteroatoms. The number of carboxylic acid groups (broad SMARTS) is 2. The molecule has 2 heterocycles. The zero-order valence-electron chi connectivity index (χ0n) is 14.6. The van der Waals surface area contributed by atoms with Crippen LogP contribution in [-0.4, -0.2) is 61.7 Å². The van der Waals surface area contributed by atoms with Gasteiger partial charge in [0.05, 0.1) is 22.7 Å². The lowest BCUT2D eigenvalue weighted by Gasteiger charge is -2.37. The van der Waals surface area contributed by atoms with Gasteiger partial charge in [-0.2, -0.15) is 0 Å². The molecule has 1 aromatic carbocycles. The first-order valence-corrected chi connectivity index (χ1v) is 8.42. The molecule has 10 nitrogen and oxygen atoms in total. The van der Waals surface area contributed by atoms with Crippen molar-refractivity contribution in [2.45, 2.75) is 13.8 Å². The average Bonchev–Trinajstić information content (AvgIpc) is 3.45. The van der Waals surface area contributed by atoms with Crippen LogP contribution in [0, 0.1) is 0 Å². The van der Waals surface area contributed by atoms with Crippen molar-refractivity contribution < 1.29 is 30.0 Å². The van der Waals surface area contributed by atoms with E-state index in [9.17, 15) is 30.0 Å². The Hall–Kier alpha value is -3.04. The van der Waals surface area contributed by atoms with Gasteiger partial charge in [-0.15, -0.1) is 0 Å². The minimum Gasteiger partial charge on any atom is -0.870 e. The number of amides is 2. The Morgan fingerprint density at radius 2 is 1.15 bits per heavy atom. The molecule has 0 saturated carbocycles. The fourth-order valence-corrected chi connectivity index (χ4v) is 3.07. The molecule has 3 rings (SSSR count). The molecule has 2 aliphatic rings. The highest BCUT2D eigenvalue weighted by Gasteiger charge is 2.35. The molecule has 0 radical (unpaired) electrons. The maximum Gasteiger partial charge on any atom is 0.411 e. The van der Waals surface area contributed by atoms with Gasteiger partial charge in [-0.25, -0.2) is 9.59 Å². The summed E-state index contributed by atoms with van der Waals surface area (Å²) in [6.45, 7) is 5.21. The molecule has 142 valence electrons. The second kappa shape index (κ2) is 6.36. The molecule has 0 unspecified atom stereocenters. The normalized spacial score (nSPS) is 15.0. The molecule has 0 bridgehead atoms. The highest BCUT2D eigenvalue weighted by atomic mass is 16.4. The van der Waals surface area contributed by atoms with Gasteiger partial charge in [-0.05, 0) is 13.8 Å². The van der Waals surface area contributed by atoms with Gasteiger partial charge in [0.25, 0.3) is 0 Å². The van der Waals surface area contributed by atoms with Crippen LogP contribution in [0.2, 0.25) is 0 Å². The zero-order chi connectivity index (χ0) is 19.2. The Bertz CT molecular complexity index is 696. The average molecular weight is 364 g/mol. The van der Waals surface area contributed by atoms with Crippen LogP contribution < -0.4 is 29.8 Å². The number of rotatable bonds is 6. The van der Waals surface area contributed by atoms with Gasteiger partial charge in [0, 0.05) is 39.3 Å². The van der Waals surface area contributed by atoms with Crippen LogP contribution in [0.4, 0.5) is 32.3 Å². The number of benzene rings is 1. The highest BCUT2D eigenvalue weighted by molar-refractivity contribution is 6.07. The lowest BCUT2D eigenvalue weighted by molar-refractivity contribution is -0.271. The SMILES string of the molecule is CCN(C(=O)O)c1c([O-])c(N2CC2)c(N(CC)C(=O)O)c([O-])c1N1CC1. The Balaban J connectivity index is 2.34. The predicted molar refractivity (Wildman–Crippen MR) is 91.8 cm³/mol. The van der Waals surface area contributed by atoms with Crippen LogP contribution >= 0.6 is 0 Å². The number of hydrogen-bond acceptors (Lipinski definition) is 6. The van der Waals surface area contributed by atoms with E-state index in [1.54, 1.807) is 23.6 Å². The summed E-state index contributed by atoms with van der Waals surface area (Å²) in [4.78, 5) is 28.1. The van der Waals surface area contributed by atoms with E-state index in [1.807, 2.05) is 0 Å². The quantitative estimate of drug-likeness (QED) is 0.697. The third-order valence-corrected chi connectivity index (χ3v) is 4.47. The summed E-state index contributed by atoms with van der Waals surface area (Å²) in [5.74, 6) is -1.24. The maximum absolute atomic E-state index is 13.2. The van der Waals surface area contributed by atoms with Crippen LogP contribution in [0.5, 0.6) is 11.5 Å². The van der Waals surface area contributed by atoms with Gasteiger partial charge in [0.2, 0.25) is 0 Å². The Labute approximate surface area is 150 Å². The summed E-state index contributed by atoms with van der Waals surface area (Å²) in [5, 5.41) is 45.3. The smallest absolute Gasteiger partial charge is 0.411 e. The molecule has 0 atom stereocenters. The number of anilines is 4. The molecule has 2 saturated heterocycles. The summed E-state index contributed by atoms with van der Waals surface area (Å²) in [6, 6.07) is 0. The van der Waals surface area contributed by atoms with Crippen molar-refractivity contribution in [2.75, 3.05) is 58.9 Å². The topological polar surface area (TPSA) is 133 Å². The van der Waals surface area contributed by atoms with Crippen molar-refractivity contribution in [1.29, 1.82) is 0 Å². The summed E-state index contributed by atoms with van der Waals surface area (Å²) >= 11 is 0. The van der Waals surface area contributed by atoms with Gasteiger partial charge in [0.1, 0.15) is 0 Å². The van der Waals surface area contributed by atoms with Gasteiger partial charge in [0.15, 0.2) is 0 Å². The van der Waals surface area contributed by atoms with Crippen molar-refractivity contribution in [2.24, 2.45) is 0 Å². The van der Waals surface area contributed by atoms with Gasteiger partial charge in [-0.1, -0.05) is 11.5 Å². The molecular formula is C16H20N4O6-2. The number of carbonyl (C=O) groups is 2. The third kappa shape index (κ3) is 2.76. The number of nitrogens with zero attached hydrogens (tertiary/aromatic N) is 4. The highest BCUT2D eigenvalue weighted by Crippen LogP contribution is 2.56. The van der Waals surface area contributed by atoms with E-state index < -0.39 is 23.7 Å². The predicted octanol–water partition coefficient (Wildman–Crippen LogP) is 0.482. The van der Waals surface area contributed by atoms with E-state index in [-0.39, 0.29) is 35.8 Å². The summed E-state index contributed by atoms with van der Waals surface area (Å²) in [6.07, 6.45) is -2.66. The molecule has 0 aliphatic carbocycles. The Morgan fingerprint density at radius 1 is 0.846 bits per heavy atom. The summed E-state index contributed by atoms with van der Waals surface area (Å²) < 4.78 is 0. The van der Waals surface area contributed by atoms with Gasteiger partial charge >= 0.3 is 12.2 Å². The van der Waals surface area contributed by atoms with Crippen molar-refractivity contribution in [3.8, 4) is 11.5 Å². The van der Waals surface area contributed by atoms with Gasteiger partial charge < -0.3 is 30.2 Å². The molecule has 2 N–H and O–H groups in total. The van der Waals surface area contributed by atoms with Crippen LogP contribution in [0.15, 0.2) is 0 Å². The first kappa shape index (κ1) is 17.8. The van der Waals surface area contributed by atoms with E-state index in [4.69, 9.17) is 0 Å². The van der Waals surface area contributed by atoms with E-state index in [0.717, 1.165) is 9.80 Å². The van der Waals surface area contributed by atoms with Crippen LogP contribution in [0.3, 0.4) is 0 Å². The Kier molecular flexibility index (Phi) is 4.34. The molecular weight excluding hydrogens is 344 g/mol. The Morgan fingerprint density at radius 3 is 1.35 bits per heavy atom. The van der Waals surface area contributed by atoms with Crippen molar-refractivity contribution in [3.63, 3.8) is 0 Å². The lowest BCUT2D eigenvalue weighted by atomic mass is 10.1. The standard InChI is InChI=1S/C16H22N4O6/c1-3-19(15(23)24)11-9(17-5-6-17)14(22)12(20(4-2)16(25)26)10(13(11)21)18-7-8-18/h21-22H,3-8H2,1-2H3,(H,23,24)(H,25,26)/p-2.